The van der Waals surface area contributed by atoms with Gasteiger partial charge in [0.1, 0.15) is 5.92 Å². The Balaban J connectivity index is 2.73. The van der Waals surface area contributed by atoms with Gasteiger partial charge in [0.2, 0.25) is 0 Å². The van der Waals surface area contributed by atoms with Crippen molar-refractivity contribution in [1.82, 2.24) is 0 Å². The fraction of sp³-hybridized carbons (Fsp3) is 0.714. The summed E-state index contributed by atoms with van der Waals surface area (Å²) in [5.74, 6) is -0.914. The first-order valence-corrected chi connectivity index (χ1v) is 5.41. The van der Waals surface area contributed by atoms with Gasteiger partial charge in [0.05, 0.1) is 23.6 Å². The number of nitriles is 2. The molecule has 1 saturated heterocycles. The first-order chi connectivity index (χ1) is 5.59. The molecule has 0 N–H and O–H groups in total. The second-order valence-electron chi connectivity index (χ2n) is 2.90. The van der Waals surface area contributed by atoms with Crippen LogP contribution >= 0.6 is 0 Å². The standard InChI is InChI=1S/C7H8N2O2S/c8-3-7(4-9)6-1-2-12(10,11)5-6/h6-7H,1-2,5H2/t6-/m0/s1. The highest BCUT2D eigenvalue weighted by molar-refractivity contribution is 7.91. The molecule has 0 unspecified atom stereocenters. The highest BCUT2D eigenvalue weighted by Crippen LogP contribution is 2.24. The Morgan fingerprint density at radius 2 is 1.92 bits per heavy atom. The number of hydrogen-bond acceptors (Lipinski definition) is 4. The zero-order valence-electron chi connectivity index (χ0n) is 6.40. The Labute approximate surface area is 71.3 Å². The van der Waals surface area contributed by atoms with E-state index in [1.807, 2.05) is 0 Å². The van der Waals surface area contributed by atoms with E-state index in [0.29, 0.717) is 6.42 Å². The minimum atomic E-state index is -2.96. The zero-order chi connectivity index (χ0) is 9.19. The largest absolute Gasteiger partial charge is 0.229 e. The molecule has 1 aliphatic rings. The van der Waals surface area contributed by atoms with Crippen LogP contribution in [0.4, 0.5) is 0 Å². The molecule has 0 aromatic heterocycles. The fourth-order valence-corrected chi connectivity index (χ4v) is 3.17. The van der Waals surface area contributed by atoms with Crippen LogP contribution in [-0.2, 0) is 9.84 Å². The monoisotopic (exact) mass is 184 g/mol. The highest BCUT2D eigenvalue weighted by Gasteiger charge is 2.33. The summed E-state index contributed by atoms with van der Waals surface area (Å²) >= 11 is 0. The third-order valence-electron chi connectivity index (χ3n) is 2.02. The second-order valence-corrected chi connectivity index (χ2v) is 5.13. The van der Waals surface area contributed by atoms with Crippen LogP contribution in [0.2, 0.25) is 0 Å². The molecule has 0 spiro atoms. The van der Waals surface area contributed by atoms with E-state index >= 15 is 0 Å². The summed E-state index contributed by atoms with van der Waals surface area (Å²) in [6, 6.07) is 3.61. The van der Waals surface area contributed by atoms with Crippen LogP contribution < -0.4 is 0 Å². The summed E-state index contributed by atoms with van der Waals surface area (Å²) in [7, 11) is -2.96. The van der Waals surface area contributed by atoms with Crippen molar-refractivity contribution in [3.63, 3.8) is 0 Å². The third-order valence-corrected chi connectivity index (χ3v) is 3.81. The van der Waals surface area contributed by atoms with Crippen LogP contribution in [0.5, 0.6) is 0 Å². The van der Waals surface area contributed by atoms with E-state index in [0.717, 1.165) is 0 Å². The van der Waals surface area contributed by atoms with Crippen molar-refractivity contribution < 1.29 is 8.42 Å². The van der Waals surface area contributed by atoms with Crippen LogP contribution in [0.25, 0.3) is 0 Å². The number of sulfone groups is 1. The predicted octanol–water partition coefficient (Wildman–Crippen LogP) is 0.0845. The van der Waals surface area contributed by atoms with E-state index in [4.69, 9.17) is 10.5 Å². The van der Waals surface area contributed by atoms with Gasteiger partial charge in [-0.1, -0.05) is 0 Å². The van der Waals surface area contributed by atoms with Gasteiger partial charge >= 0.3 is 0 Å². The van der Waals surface area contributed by atoms with Gasteiger partial charge in [0.25, 0.3) is 0 Å². The number of rotatable bonds is 1. The Hall–Kier alpha value is -1.07. The summed E-state index contributed by atoms with van der Waals surface area (Å²) in [6.07, 6.45) is 0.453. The molecule has 0 amide bonds. The summed E-state index contributed by atoms with van der Waals surface area (Å²) in [4.78, 5) is 0. The molecule has 5 heteroatoms. The van der Waals surface area contributed by atoms with Gasteiger partial charge in [-0.15, -0.1) is 0 Å². The molecule has 1 rings (SSSR count). The molecule has 1 aliphatic heterocycles. The average molecular weight is 184 g/mol. The van der Waals surface area contributed by atoms with Crippen molar-refractivity contribution in [3.05, 3.63) is 0 Å². The predicted molar refractivity (Wildman–Crippen MR) is 41.5 cm³/mol. The van der Waals surface area contributed by atoms with E-state index in [1.54, 1.807) is 12.1 Å². The molecule has 0 saturated carbocycles. The molecular weight excluding hydrogens is 176 g/mol. The van der Waals surface area contributed by atoms with Gasteiger partial charge < -0.3 is 0 Å². The maximum Gasteiger partial charge on any atom is 0.150 e. The lowest BCUT2D eigenvalue weighted by Gasteiger charge is -2.04. The molecule has 12 heavy (non-hydrogen) atoms. The van der Waals surface area contributed by atoms with E-state index in [-0.39, 0.29) is 17.4 Å². The molecule has 0 bridgehead atoms. The molecule has 0 aromatic rings. The molecule has 64 valence electrons. The van der Waals surface area contributed by atoms with Crippen LogP contribution in [0.1, 0.15) is 6.42 Å². The smallest absolute Gasteiger partial charge is 0.150 e. The summed E-state index contributed by atoms with van der Waals surface area (Å²) in [5.41, 5.74) is 0. The Bertz CT molecular complexity index is 333. The molecule has 4 nitrogen and oxygen atoms in total. The lowest BCUT2D eigenvalue weighted by molar-refractivity contribution is 0.526. The maximum atomic E-state index is 11.0. The van der Waals surface area contributed by atoms with Crippen molar-refractivity contribution in [1.29, 1.82) is 10.5 Å². The van der Waals surface area contributed by atoms with E-state index in [9.17, 15) is 8.42 Å². The van der Waals surface area contributed by atoms with Crippen molar-refractivity contribution in [2.75, 3.05) is 11.5 Å². The van der Waals surface area contributed by atoms with E-state index in [1.165, 1.54) is 0 Å². The maximum absolute atomic E-state index is 11.0. The van der Waals surface area contributed by atoms with Gasteiger partial charge in [-0.3, -0.25) is 0 Å². The Morgan fingerprint density at radius 1 is 1.33 bits per heavy atom. The molecule has 0 radical (unpaired) electrons. The van der Waals surface area contributed by atoms with Gasteiger partial charge in [-0.05, 0) is 6.42 Å². The van der Waals surface area contributed by atoms with Gasteiger partial charge in [0.15, 0.2) is 9.84 Å². The highest BCUT2D eigenvalue weighted by atomic mass is 32.2. The zero-order valence-corrected chi connectivity index (χ0v) is 7.21. The molecule has 1 heterocycles. The normalized spacial score (nSPS) is 26.4. The van der Waals surface area contributed by atoms with Gasteiger partial charge in [-0.25, -0.2) is 8.42 Å². The van der Waals surface area contributed by atoms with Gasteiger partial charge in [0, 0.05) is 5.92 Å². The summed E-state index contributed by atoms with van der Waals surface area (Å²) in [6.45, 7) is 0. The van der Waals surface area contributed by atoms with Crippen LogP contribution in [0.3, 0.4) is 0 Å². The third kappa shape index (κ3) is 1.75. The Morgan fingerprint density at radius 3 is 2.25 bits per heavy atom. The number of nitrogens with zero attached hydrogens (tertiary/aromatic N) is 2. The van der Waals surface area contributed by atoms with Crippen molar-refractivity contribution in [2.24, 2.45) is 11.8 Å². The van der Waals surface area contributed by atoms with Crippen LogP contribution in [0.15, 0.2) is 0 Å². The molecule has 0 aromatic carbocycles. The minimum Gasteiger partial charge on any atom is -0.229 e. The fourth-order valence-electron chi connectivity index (χ4n) is 1.33. The Kier molecular flexibility index (Phi) is 2.35. The first-order valence-electron chi connectivity index (χ1n) is 3.59. The lowest BCUT2D eigenvalue weighted by Crippen LogP contribution is -2.12. The molecule has 1 fully saturated rings. The van der Waals surface area contributed by atoms with Crippen molar-refractivity contribution in [3.8, 4) is 12.1 Å². The summed E-state index contributed by atoms with van der Waals surface area (Å²) in [5, 5.41) is 17.0. The van der Waals surface area contributed by atoms with Crippen molar-refractivity contribution in [2.45, 2.75) is 6.42 Å². The molecular formula is C7H8N2O2S. The quantitative estimate of drug-likeness (QED) is 0.578. The molecule has 1 atom stereocenters. The minimum absolute atomic E-state index is 0.00120. The second kappa shape index (κ2) is 3.12. The summed E-state index contributed by atoms with van der Waals surface area (Å²) < 4.78 is 21.9. The van der Waals surface area contributed by atoms with Crippen LogP contribution in [-0.4, -0.2) is 19.9 Å². The van der Waals surface area contributed by atoms with E-state index in [2.05, 4.69) is 0 Å². The van der Waals surface area contributed by atoms with Crippen molar-refractivity contribution >= 4 is 9.84 Å². The van der Waals surface area contributed by atoms with Crippen LogP contribution in [0, 0.1) is 34.5 Å². The SMILES string of the molecule is N#CC(C#N)[C@H]1CCS(=O)(=O)C1. The average Bonchev–Trinajstić information content (AvgIpc) is 2.34. The first kappa shape index (κ1) is 9.02. The topological polar surface area (TPSA) is 81.7 Å². The van der Waals surface area contributed by atoms with Gasteiger partial charge in [-0.2, -0.15) is 10.5 Å². The number of hydrogen-bond donors (Lipinski definition) is 0. The molecule has 0 aliphatic carbocycles. The lowest BCUT2D eigenvalue weighted by atomic mass is 9.95. The van der Waals surface area contributed by atoms with E-state index < -0.39 is 15.8 Å².